The average Bonchev–Trinajstić information content (AvgIpc) is 2.18. The van der Waals surface area contributed by atoms with Crippen molar-refractivity contribution in [2.75, 3.05) is 11.9 Å². The van der Waals surface area contributed by atoms with E-state index in [-0.39, 0.29) is 0 Å². The van der Waals surface area contributed by atoms with Crippen molar-refractivity contribution in [2.24, 2.45) is 0 Å². The van der Waals surface area contributed by atoms with Gasteiger partial charge in [-0.1, -0.05) is 0 Å². The normalized spacial score (nSPS) is 9.40. The smallest absolute Gasteiger partial charge is 0.409 e. The van der Waals surface area contributed by atoms with E-state index in [0.717, 1.165) is 0 Å². The van der Waals surface area contributed by atoms with Gasteiger partial charge in [0, 0.05) is 5.69 Å². The van der Waals surface area contributed by atoms with Gasteiger partial charge in [0.15, 0.2) is 0 Å². The molecule has 1 rings (SSSR count). The van der Waals surface area contributed by atoms with Crippen molar-refractivity contribution in [3.8, 4) is 0 Å². The van der Waals surface area contributed by atoms with Gasteiger partial charge in [-0.15, -0.1) is 0 Å². The van der Waals surface area contributed by atoms with E-state index in [1.807, 2.05) is 0 Å². The molecular weight excluding hydrogens is 198 g/mol. The SMILES string of the molecule is CCOC(=O)c1ccc(NC(=O)O)cc1. The molecule has 5 heteroatoms. The van der Waals surface area contributed by atoms with Gasteiger partial charge in [0.1, 0.15) is 0 Å². The van der Waals surface area contributed by atoms with E-state index >= 15 is 0 Å². The Morgan fingerprint density at radius 1 is 1.33 bits per heavy atom. The number of carbonyl (C=O) groups excluding carboxylic acids is 1. The van der Waals surface area contributed by atoms with E-state index in [0.29, 0.717) is 17.9 Å². The number of carboxylic acid groups (broad SMARTS) is 1. The maximum absolute atomic E-state index is 11.2. The average molecular weight is 209 g/mol. The number of esters is 1. The first-order chi connectivity index (χ1) is 7.13. The lowest BCUT2D eigenvalue weighted by Gasteiger charge is -2.03. The lowest BCUT2D eigenvalue weighted by Crippen LogP contribution is -2.08. The van der Waals surface area contributed by atoms with Crippen molar-refractivity contribution in [1.82, 2.24) is 0 Å². The number of hydrogen-bond donors (Lipinski definition) is 2. The Hall–Kier alpha value is -2.04. The summed E-state index contributed by atoms with van der Waals surface area (Å²) in [5, 5.41) is 10.6. The maximum Gasteiger partial charge on any atom is 0.409 e. The zero-order valence-electron chi connectivity index (χ0n) is 8.19. The Labute approximate surface area is 86.7 Å². The molecule has 0 aliphatic rings. The topological polar surface area (TPSA) is 75.6 Å². The minimum absolute atomic E-state index is 0.313. The summed E-state index contributed by atoms with van der Waals surface area (Å²) in [4.78, 5) is 21.5. The molecular formula is C10H11NO4. The summed E-state index contributed by atoms with van der Waals surface area (Å²) in [5.41, 5.74) is 0.809. The number of rotatable bonds is 3. The van der Waals surface area contributed by atoms with Crippen LogP contribution in [0, 0.1) is 0 Å². The molecule has 1 aromatic carbocycles. The van der Waals surface area contributed by atoms with Crippen molar-refractivity contribution < 1.29 is 19.4 Å². The summed E-state index contributed by atoms with van der Waals surface area (Å²) in [5.74, 6) is -0.417. The number of ether oxygens (including phenoxy) is 1. The standard InChI is InChI=1S/C10H11NO4/c1-2-15-9(12)7-3-5-8(6-4-7)11-10(13)14/h3-6,11H,2H2,1H3,(H,13,14). The zero-order chi connectivity index (χ0) is 11.3. The Morgan fingerprint density at radius 3 is 2.40 bits per heavy atom. The van der Waals surface area contributed by atoms with E-state index < -0.39 is 12.1 Å². The van der Waals surface area contributed by atoms with Gasteiger partial charge < -0.3 is 9.84 Å². The number of nitrogens with one attached hydrogen (secondary N) is 1. The Kier molecular flexibility index (Phi) is 3.68. The van der Waals surface area contributed by atoms with E-state index in [1.54, 1.807) is 6.92 Å². The number of benzene rings is 1. The summed E-state index contributed by atoms with van der Waals surface area (Å²) in [6.45, 7) is 2.03. The third-order valence-corrected chi connectivity index (χ3v) is 1.65. The molecule has 0 heterocycles. The molecule has 2 N–H and O–H groups in total. The molecule has 0 aliphatic carbocycles. The molecule has 0 saturated carbocycles. The minimum Gasteiger partial charge on any atom is -0.465 e. The van der Waals surface area contributed by atoms with E-state index in [9.17, 15) is 9.59 Å². The molecule has 1 amide bonds. The van der Waals surface area contributed by atoms with Gasteiger partial charge >= 0.3 is 12.1 Å². The number of amides is 1. The molecule has 0 saturated heterocycles. The molecule has 1 aromatic rings. The summed E-state index contributed by atoms with van der Waals surface area (Å²) in [7, 11) is 0. The highest BCUT2D eigenvalue weighted by atomic mass is 16.5. The van der Waals surface area contributed by atoms with Crippen LogP contribution in [-0.2, 0) is 4.74 Å². The Morgan fingerprint density at radius 2 is 1.93 bits per heavy atom. The Balaban J connectivity index is 2.71. The van der Waals surface area contributed by atoms with Gasteiger partial charge in [0.05, 0.1) is 12.2 Å². The summed E-state index contributed by atoms with van der Waals surface area (Å²) >= 11 is 0. The van der Waals surface area contributed by atoms with Crippen LogP contribution in [0.5, 0.6) is 0 Å². The largest absolute Gasteiger partial charge is 0.465 e. The van der Waals surface area contributed by atoms with Crippen LogP contribution in [0.4, 0.5) is 10.5 Å². The second-order valence-electron chi connectivity index (χ2n) is 2.73. The lowest BCUT2D eigenvalue weighted by molar-refractivity contribution is 0.0526. The van der Waals surface area contributed by atoms with Crippen LogP contribution in [0.1, 0.15) is 17.3 Å². The molecule has 0 bridgehead atoms. The fourth-order valence-corrected chi connectivity index (χ4v) is 1.03. The van der Waals surface area contributed by atoms with Gasteiger partial charge in [0.2, 0.25) is 0 Å². The van der Waals surface area contributed by atoms with Crippen LogP contribution in [0.15, 0.2) is 24.3 Å². The van der Waals surface area contributed by atoms with Gasteiger partial charge in [-0.2, -0.15) is 0 Å². The van der Waals surface area contributed by atoms with Crippen molar-refractivity contribution in [3.63, 3.8) is 0 Å². The number of anilines is 1. The summed E-state index contributed by atoms with van der Waals surface area (Å²) in [6.07, 6.45) is -1.14. The second kappa shape index (κ2) is 4.99. The predicted octanol–water partition coefficient (Wildman–Crippen LogP) is 1.95. The fraction of sp³-hybridized carbons (Fsp3) is 0.200. The van der Waals surface area contributed by atoms with E-state index in [2.05, 4.69) is 5.32 Å². The second-order valence-corrected chi connectivity index (χ2v) is 2.73. The first-order valence-electron chi connectivity index (χ1n) is 4.40. The van der Waals surface area contributed by atoms with Gasteiger partial charge in [0.25, 0.3) is 0 Å². The highest BCUT2D eigenvalue weighted by molar-refractivity contribution is 5.90. The molecule has 0 spiro atoms. The molecule has 0 aliphatic heterocycles. The van der Waals surface area contributed by atoms with E-state index in [1.165, 1.54) is 24.3 Å². The highest BCUT2D eigenvalue weighted by Gasteiger charge is 2.05. The summed E-state index contributed by atoms with van der Waals surface area (Å²) in [6, 6.07) is 6.01. The molecule has 0 atom stereocenters. The molecule has 0 fully saturated rings. The molecule has 80 valence electrons. The van der Waals surface area contributed by atoms with Crippen molar-refractivity contribution >= 4 is 17.7 Å². The monoisotopic (exact) mass is 209 g/mol. The van der Waals surface area contributed by atoms with Crippen LogP contribution in [0.2, 0.25) is 0 Å². The first-order valence-corrected chi connectivity index (χ1v) is 4.40. The number of hydrogen-bond acceptors (Lipinski definition) is 3. The Bertz CT molecular complexity index is 358. The number of carbonyl (C=O) groups is 2. The predicted molar refractivity (Wildman–Crippen MR) is 54.0 cm³/mol. The molecule has 5 nitrogen and oxygen atoms in total. The van der Waals surface area contributed by atoms with Crippen molar-refractivity contribution in [3.05, 3.63) is 29.8 Å². The summed E-state index contributed by atoms with van der Waals surface area (Å²) < 4.78 is 4.77. The first kappa shape index (κ1) is 11.0. The third kappa shape index (κ3) is 3.30. The lowest BCUT2D eigenvalue weighted by atomic mass is 10.2. The minimum atomic E-state index is -1.14. The fourth-order valence-electron chi connectivity index (χ4n) is 1.03. The highest BCUT2D eigenvalue weighted by Crippen LogP contribution is 2.10. The van der Waals surface area contributed by atoms with Crippen LogP contribution >= 0.6 is 0 Å². The maximum atomic E-state index is 11.2. The van der Waals surface area contributed by atoms with Gasteiger partial charge in [-0.25, -0.2) is 9.59 Å². The van der Waals surface area contributed by atoms with Gasteiger partial charge in [-0.3, -0.25) is 5.32 Å². The van der Waals surface area contributed by atoms with Crippen LogP contribution < -0.4 is 5.32 Å². The van der Waals surface area contributed by atoms with Crippen LogP contribution in [0.3, 0.4) is 0 Å². The molecule has 0 aromatic heterocycles. The third-order valence-electron chi connectivity index (χ3n) is 1.65. The van der Waals surface area contributed by atoms with E-state index in [4.69, 9.17) is 9.84 Å². The molecule has 0 radical (unpaired) electrons. The molecule has 15 heavy (non-hydrogen) atoms. The van der Waals surface area contributed by atoms with Crippen LogP contribution in [-0.4, -0.2) is 23.8 Å². The van der Waals surface area contributed by atoms with Crippen molar-refractivity contribution in [2.45, 2.75) is 6.92 Å². The van der Waals surface area contributed by atoms with Crippen LogP contribution in [0.25, 0.3) is 0 Å². The van der Waals surface area contributed by atoms with Crippen molar-refractivity contribution in [1.29, 1.82) is 0 Å². The zero-order valence-corrected chi connectivity index (χ0v) is 8.19. The molecule has 0 unspecified atom stereocenters. The van der Waals surface area contributed by atoms with Gasteiger partial charge in [-0.05, 0) is 31.2 Å². The quantitative estimate of drug-likeness (QED) is 0.746.